The Morgan fingerprint density at radius 3 is 2.44 bits per heavy atom. The summed E-state index contributed by atoms with van der Waals surface area (Å²) in [6.07, 6.45) is 0.417. The summed E-state index contributed by atoms with van der Waals surface area (Å²) in [6.45, 7) is 1.54. The molecule has 0 atom stereocenters. The quantitative estimate of drug-likeness (QED) is 0.745. The summed E-state index contributed by atoms with van der Waals surface area (Å²) in [5.74, 6) is 0.849. The number of methoxy groups -OCH3 is 1. The minimum Gasteiger partial charge on any atom is -0.497 e. The number of likely N-dealkylation sites (N-methyl/N-ethyl adjacent to an activating group) is 1. The number of anilines is 2. The first-order valence-corrected chi connectivity index (χ1v) is 8.39. The van der Waals surface area contributed by atoms with Crippen LogP contribution in [-0.2, 0) is 6.42 Å². The minimum absolute atomic E-state index is 0.417. The van der Waals surface area contributed by atoms with E-state index in [1.165, 1.54) is 0 Å². The summed E-state index contributed by atoms with van der Waals surface area (Å²) >= 11 is 5.31. The Bertz CT molecular complexity index is 723. The fraction of sp³-hybridized carbons (Fsp3) is 0.263. The van der Waals surface area contributed by atoms with E-state index in [0.29, 0.717) is 11.5 Å². The molecule has 0 radical (unpaired) electrons. The van der Waals surface area contributed by atoms with E-state index in [-0.39, 0.29) is 0 Å². The highest BCUT2D eigenvalue weighted by atomic mass is 32.1. The summed E-state index contributed by atoms with van der Waals surface area (Å²) in [4.78, 5) is 2.14. The highest BCUT2D eigenvalue weighted by Gasteiger charge is 2.02. The van der Waals surface area contributed by atoms with Gasteiger partial charge in [-0.15, -0.1) is 0 Å². The number of hydrogen-bond donors (Lipinski definition) is 2. The second-order valence-electron chi connectivity index (χ2n) is 5.53. The maximum absolute atomic E-state index is 8.68. The predicted octanol–water partition coefficient (Wildman–Crippen LogP) is 3.18. The van der Waals surface area contributed by atoms with Gasteiger partial charge in [-0.2, -0.15) is 5.26 Å². The van der Waals surface area contributed by atoms with Crippen molar-refractivity contribution in [3.63, 3.8) is 0 Å². The minimum atomic E-state index is 0.417. The molecule has 0 spiro atoms. The average molecular weight is 354 g/mol. The zero-order chi connectivity index (χ0) is 18.1. The molecule has 5 nitrogen and oxygen atoms in total. The zero-order valence-electron chi connectivity index (χ0n) is 14.5. The number of rotatable bonds is 7. The van der Waals surface area contributed by atoms with Crippen LogP contribution in [0.1, 0.15) is 5.56 Å². The monoisotopic (exact) mass is 354 g/mol. The van der Waals surface area contributed by atoms with Crippen LogP contribution in [0.2, 0.25) is 0 Å². The number of thiocarbonyl (C=S) groups is 1. The third-order valence-electron chi connectivity index (χ3n) is 3.74. The van der Waals surface area contributed by atoms with Gasteiger partial charge in [0.2, 0.25) is 0 Å². The normalized spacial score (nSPS) is 9.80. The van der Waals surface area contributed by atoms with Gasteiger partial charge in [0.15, 0.2) is 5.11 Å². The molecule has 0 unspecified atom stereocenters. The highest BCUT2D eigenvalue weighted by molar-refractivity contribution is 7.80. The van der Waals surface area contributed by atoms with Crippen LogP contribution < -0.4 is 20.3 Å². The van der Waals surface area contributed by atoms with Crippen LogP contribution in [0.15, 0.2) is 48.5 Å². The van der Waals surface area contributed by atoms with Gasteiger partial charge < -0.3 is 20.3 Å². The van der Waals surface area contributed by atoms with Gasteiger partial charge in [0.1, 0.15) is 5.75 Å². The SMILES string of the molecule is COc1ccc(N(C)CCNC(=S)Nc2ccc(CC#N)cc2)cc1. The summed E-state index contributed by atoms with van der Waals surface area (Å²) < 4.78 is 5.17. The molecule has 0 saturated heterocycles. The molecule has 2 N–H and O–H groups in total. The topological polar surface area (TPSA) is 60.3 Å². The molecule has 0 aliphatic heterocycles. The number of hydrogen-bond acceptors (Lipinski definition) is 4. The molecule has 0 aliphatic rings. The molecule has 6 heteroatoms. The van der Waals surface area contributed by atoms with E-state index in [1.54, 1.807) is 7.11 Å². The van der Waals surface area contributed by atoms with Gasteiger partial charge in [0.25, 0.3) is 0 Å². The van der Waals surface area contributed by atoms with Crippen LogP contribution in [0.4, 0.5) is 11.4 Å². The second kappa shape index (κ2) is 9.50. The second-order valence-corrected chi connectivity index (χ2v) is 5.94. The molecule has 25 heavy (non-hydrogen) atoms. The Balaban J connectivity index is 1.74. The third-order valence-corrected chi connectivity index (χ3v) is 3.99. The van der Waals surface area contributed by atoms with Crippen molar-refractivity contribution in [3.8, 4) is 11.8 Å². The highest BCUT2D eigenvalue weighted by Crippen LogP contribution is 2.17. The standard InChI is InChI=1S/C19H22N4OS/c1-23(17-7-9-18(24-2)10-8-17)14-13-21-19(25)22-16-5-3-15(4-6-16)11-12-20/h3-10H,11,13-14H2,1-2H3,(H2,21,22,25). The Kier molecular flexibility index (Phi) is 7.05. The van der Waals surface area contributed by atoms with Crippen molar-refractivity contribution in [1.82, 2.24) is 5.32 Å². The van der Waals surface area contributed by atoms with E-state index in [9.17, 15) is 0 Å². The Morgan fingerprint density at radius 1 is 1.16 bits per heavy atom. The fourth-order valence-corrected chi connectivity index (χ4v) is 2.50. The molecule has 0 aliphatic carbocycles. The van der Waals surface area contributed by atoms with Crippen LogP contribution in [0, 0.1) is 11.3 Å². The number of nitrogens with one attached hydrogen (secondary N) is 2. The van der Waals surface area contributed by atoms with E-state index in [0.717, 1.165) is 35.8 Å². The lowest BCUT2D eigenvalue weighted by molar-refractivity contribution is 0.415. The molecular weight excluding hydrogens is 332 g/mol. The smallest absolute Gasteiger partial charge is 0.170 e. The van der Waals surface area contributed by atoms with Crippen LogP contribution in [0.25, 0.3) is 0 Å². The molecule has 0 bridgehead atoms. The van der Waals surface area contributed by atoms with Gasteiger partial charge in [0, 0.05) is 31.5 Å². The Hall–Kier alpha value is -2.78. The first-order valence-electron chi connectivity index (χ1n) is 7.98. The van der Waals surface area contributed by atoms with Crippen LogP contribution in [0.3, 0.4) is 0 Å². The van der Waals surface area contributed by atoms with Crippen molar-refractivity contribution in [2.75, 3.05) is 37.5 Å². The first-order chi connectivity index (χ1) is 12.1. The summed E-state index contributed by atoms with van der Waals surface area (Å²) in [7, 11) is 3.70. The molecule has 0 heterocycles. The van der Waals surface area contributed by atoms with Crippen LogP contribution in [-0.4, -0.2) is 32.4 Å². The lowest BCUT2D eigenvalue weighted by Crippen LogP contribution is -2.35. The van der Waals surface area contributed by atoms with Gasteiger partial charge >= 0.3 is 0 Å². The molecule has 130 valence electrons. The molecule has 0 saturated carbocycles. The van der Waals surface area contributed by atoms with E-state index >= 15 is 0 Å². The first kappa shape index (κ1) is 18.6. The molecule has 0 aromatic heterocycles. The van der Waals surface area contributed by atoms with Crippen LogP contribution >= 0.6 is 12.2 Å². The van der Waals surface area contributed by atoms with Crippen molar-refractivity contribution in [2.24, 2.45) is 0 Å². The number of benzene rings is 2. The van der Waals surface area contributed by atoms with Crippen molar-refractivity contribution in [3.05, 3.63) is 54.1 Å². The van der Waals surface area contributed by atoms with E-state index in [2.05, 4.69) is 21.6 Å². The fourth-order valence-electron chi connectivity index (χ4n) is 2.28. The van der Waals surface area contributed by atoms with Gasteiger partial charge in [-0.25, -0.2) is 0 Å². The molecule has 0 fully saturated rings. The van der Waals surface area contributed by atoms with Crippen molar-refractivity contribution in [2.45, 2.75) is 6.42 Å². The van der Waals surface area contributed by atoms with Crippen molar-refractivity contribution in [1.29, 1.82) is 5.26 Å². The molecule has 2 aromatic rings. The maximum Gasteiger partial charge on any atom is 0.170 e. The Labute approximate surface area is 154 Å². The third kappa shape index (κ3) is 5.98. The number of nitrogens with zero attached hydrogens (tertiary/aromatic N) is 2. The van der Waals surface area contributed by atoms with Gasteiger partial charge in [0.05, 0.1) is 19.6 Å². The summed E-state index contributed by atoms with van der Waals surface area (Å²) in [6, 6.07) is 17.8. The van der Waals surface area contributed by atoms with E-state index in [1.807, 2.05) is 55.6 Å². The molecule has 2 aromatic carbocycles. The van der Waals surface area contributed by atoms with Gasteiger partial charge in [-0.1, -0.05) is 12.1 Å². The molecule has 0 amide bonds. The molecular formula is C19H22N4OS. The average Bonchev–Trinajstić information content (AvgIpc) is 2.63. The lowest BCUT2D eigenvalue weighted by atomic mass is 10.1. The van der Waals surface area contributed by atoms with Gasteiger partial charge in [-0.05, 0) is 54.2 Å². The zero-order valence-corrected chi connectivity index (χ0v) is 15.3. The van der Waals surface area contributed by atoms with E-state index in [4.69, 9.17) is 22.2 Å². The summed E-state index contributed by atoms with van der Waals surface area (Å²) in [5.41, 5.74) is 3.02. The maximum atomic E-state index is 8.68. The number of ether oxygens (including phenoxy) is 1. The van der Waals surface area contributed by atoms with Gasteiger partial charge in [-0.3, -0.25) is 0 Å². The number of nitriles is 1. The van der Waals surface area contributed by atoms with Crippen LogP contribution in [0.5, 0.6) is 5.75 Å². The van der Waals surface area contributed by atoms with E-state index < -0.39 is 0 Å². The Morgan fingerprint density at radius 2 is 1.84 bits per heavy atom. The summed E-state index contributed by atoms with van der Waals surface area (Å²) in [5, 5.41) is 15.6. The van der Waals surface area contributed by atoms with Crippen molar-refractivity contribution >= 4 is 28.7 Å². The largest absolute Gasteiger partial charge is 0.497 e. The van der Waals surface area contributed by atoms with Crippen molar-refractivity contribution < 1.29 is 4.74 Å². The predicted molar refractivity (Wildman–Crippen MR) is 106 cm³/mol. The molecule has 2 rings (SSSR count). The lowest BCUT2D eigenvalue weighted by Gasteiger charge is -2.20.